The summed E-state index contributed by atoms with van der Waals surface area (Å²) in [6, 6.07) is 7.20. The number of rotatable bonds is 10. The van der Waals surface area contributed by atoms with E-state index in [1.165, 1.54) is 11.3 Å². The molecule has 0 saturated carbocycles. The van der Waals surface area contributed by atoms with Gasteiger partial charge in [-0.25, -0.2) is 9.78 Å². The van der Waals surface area contributed by atoms with Gasteiger partial charge in [-0.2, -0.15) is 0 Å². The van der Waals surface area contributed by atoms with Crippen LogP contribution in [-0.4, -0.2) is 41.0 Å². The number of hydrogen-bond acceptors (Lipinski definition) is 6. The standard InChI is InChI=1S/C21H28N2O4S/c1-5-7-12-27-17-10-8-16(9-11-17)20(24)23(15(3)4)13-19-22-18(14-28-19)21(25)26-6-2/h8-11,14-15H,5-7,12-13H2,1-4H3. The SMILES string of the molecule is CCCCOc1ccc(C(=O)N(Cc2nc(C(=O)OCC)cs2)C(C)C)cc1. The van der Waals surface area contributed by atoms with E-state index in [2.05, 4.69) is 11.9 Å². The molecule has 0 bridgehead atoms. The largest absolute Gasteiger partial charge is 0.494 e. The van der Waals surface area contributed by atoms with Gasteiger partial charge < -0.3 is 14.4 Å². The molecule has 0 unspecified atom stereocenters. The highest BCUT2D eigenvalue weighted by Crippen LogP contribution is 2.19. The molecule has 2 rings (SSSR count). The summed E-state index contributed by atoms with van der Waals surface area (Å²) in [5.41, 5.74) is 0.880. The lowest BCUT2D eigenvalue weighted by atomic mass is 10.1. The van der Waals surface area contributed by atoms with Crippen LogP contribution in [-0.2, 0) is 11.3 Å². The molecule has 7 heteroatoms. The Morgan fingerprint density at radius 3 is 2.50 bits per heavy atom. The maximum absolute atomic E-state index is 13.0. The Labute approximate surface area is 170 Å². The molecule has 28 heavy (non-hydrogen) atoms. The van der Waals surface area contributed by atoms with Crippen LogP contribution in [0.5, 0.6) is 5.75 Å². The van der Waals surface area contributed by atoms with E-state index in [0.29, 0.717) is 30.3 Å². The highest BCUT2D eigenvalue weighted by Gasteiger charge is 2.21. The second-order valence-corrected chi connectivity index (χ2v) is 7.54. The topological polar surface area (TPSA) is 68.7 Å². The molecule has 1 heterocycles. The first-order valence-electron chi connectivity index (χ1n) is 9.61. The molecule has 0 saturated heterocycles. The van der Waals surface area contributed by atoms with E-state index < -0.39 is 5.97 Å². The summed E-state index contributed by atoms with van der Waals surface area (Å²) in [7, 11) is 0. The van der Waals surface area contributed by atoms with Crippen molar-refractivity contribution >= 4 is 23.2 Å². The second kappa shape index (κ2) is 10.8. The molecule has 6 nitrogen and oxygen atoms in total. The maximum Gasteiger partial charge on any atom is 0.357 e. The monoisotopic (exact) mass is 404 g/mol. The predicted molar refractivity (Wildman–Crippen MR) is 110 cm³/mol. The Balaban J connectivity index is 2.06. The van der Waals surface area contributed by atoms with Gasteiger partial charge in [-0.05, 0) is 51.5 Å². The van der Waals surface area contributed by atoms with Crippen LogP contribution < -0.4 is 4.74 Å². The van der Waals surface area contributed by atoms with Gasteiger partial charge in [0.1, 0.15) is 10.8 Å². The number of thiazole rings is 1. The van der Waals surface area contributed by atoms with Crippen LogP contribution in [0.2, 0.25) is 0 Å². The van der Waals surface area contributed by atoms with Crippen molar-refractivity contribution in [3.8, 4) is 5.75 Å². The molecule has 1 aromatic carbocycles. The maximum atomic E-state index is 13.0. The Bertz CT molecular complexity index is 771. The minimum Gasteiger partial charge on any atom is -0.494 e. The van der Waals surface area contributed by atoms with Crippen LogP contribution in [0.1, 0.15) is 66.4 Å². The number of hydrogen-bond donors (Lipinski definition) is 0. The molecule has 0 aliphatic carbocycles. The van der Waals surface area contributed by atoms with Crippen LogP contribution in [0.3, 0.4) is 0 Å². The lowest BCUT2D eigenvalue weighted by Crippen LogP contribution is -2.36. The normalized spacial score (nSPS) is 10.8. The van der Waals surface area contributed by atoms with Gasteiger partial charge in [-0.15, -0.1) is 11.3 Å². The molecule has 0 atom stereocenters. The summed E-state index contributed by atoms with van der Waals surface area (Å²) in [5.74, 6) is 0.245. The van der Waals surface area contributed by atoms with Crippen LogP contribution in [0.15, 0.2) is 29.6 Å². The second-order valence-electron chi connectivity index (χ2n) is 6.60. The fourth-order valence-corrected chi connectivity index (χ4v) is 3.27. The van der Waals surface area contributed by atoms with Crippen LogP contribution in [0.25, 0.3) is 0 Å². The van der Waals surface area contributed by atoms with Gasteiger partial charge in [0.05, 0.1) is 19.8 Å². The van der Waals surface area contributed by atoms with Crippen molar-refractivity contribution in [1.29, 1.82) is 0 Å². The van der Waals surface area contributed by atoms with Crippen molar-refractivity contribution in [1.82, 2.24) is 9.88 Å². The highest BCUT2D eigenvalue weighted by atomic mass is 32.1. The third-order valence-electron chi connectivity index (χ3n) is 4.09. The van der Waals surface area contributed by atoms with Crippen molar-refractivity contribution in [3.05, 3.63) is 45.9 Å². The minimum absolute atomic E-state index is 0.0112. The third-order valence-corrected chi connectivity index (χ3v) is 4.93. The summed E-state index contributed by atoms with van der Waals surface area (Å²) in [4.78, 5) is 30.8. The number of carbonyl (C=O) groups is 2. The Kier molecular flexibility index (Phi) is 8.44. The predicted octanol–water partition coefficient (Wildman–Crippen LogP) is 4.55. The van der Waals surface area contributed by atoms with Crippen molar-refractivity contribution in [2.45, 2.75) is 53.1 Å². The van der Waals surface area contributed by atoms with Crippen molar-refractivity contribution in [2.24, 2.45) is 0 Å². The van der Waals surface area contributed by atoms with E-state index in [1.54, 1.807) is 29.3 Å². The van der Waals surface area contributed by atoms with Gasteiger partial charge >= 0.3 is 5.97 Å². The highest BCUT2D eigenvalue weighted by molar-refractivity contribution is 7.09. The Hall–Kier alpha value is -2.41. The molecular formula is C21H28N2O4S. The summed E-state index contributed by atoms with van der Waals surface area (Å²) in [6.07, 6.45) is 2.08. The summed E-state index contributed by atoms with van der Waals surface area (Å²) in [5, 5.41) is 2.36. The van der Waals surface area contributed by atoms with E-state index in [9.17, 15) is 9.59 Å². The lowest BCUT2D eigenvalue weighted by molar-refractivity contribution is 0.0520. The number of ether oxygens (including phenoxy) is 2. The Morgan fingerprint density at radius 2 is 1.89 bits per heavy atom. The zero-order chi connectivity index (χ0) is 20.5. The zero-order valence-corrected chi connectivity index (χ0v) is 17.8. The van der Waals surface area contributed by atoms with Gasteiger partial charge in [0, 0.05) is 17.0 Å². The number of unbranched alkanes of at least 4 members (excludes halogenated alkanes) is 1. The van der Waals surface area contributed by atoms with E-state index in [1.807, 2.05) is 26.0 Å². The molecule has 152 valence electrons. The molecule has 0 spiro atoms. The molecule has 0 radical (unpaired) electrons. The van der Waals surface area contributed by atoms with Gasteiger partial charge in [0.2, 0.25) is 0 Å². The van der Waals surface area contributed by atoms with E-state index in [0.717, 1.165) is 18.6 Å². The van der Waals surface area contributed by atoms with Gasteiger partial charge in [0.15, 0.2) is 5.69 Å². The molecule has 0 aliphatic rings. The zero-order valence-electron chi connectivity index (χ0n) is 16.9. The van der Waals surface area contributed by atoms with E-state index >= 15 is 0 Å². The van der Waals surface area contributed by atoms with E-state index in [4.69, 9.17) is 9.47 Å². The quantitative estimate of drug-likeness (QED) is 0.429. The first-order valence-corrected chi connectivity index (χ1v) is 10.5. The smallest absolute Gasteiger partial charge is 0.357 e. The number of amides is 1. The average Bonchev–Trinajstić information content (AvgIpc) is 3.15. The van der Waals surface area contributed by atoms with Gasteiger partial charge in [0.25, 0.3) is 5.91 Å². The minimum atomic E-state index is -0.439. The average molecular weight is 405 g/mol. The lowest BCUT2D eigenvalue weighted by Gasteiger charge is -2.26. The number of aromatic nitrogens is 1. The van der Waals surface area contributed by atoms with Crippen molar-refractivity contribution in [2.75, 3.05) is 13.2 Å². The fourth-order valence-electron chi connectivity index (χ4n) is 2.51. The van der Waals surface area contributed by atoms with Gasteiger partial charge in [-0.1, -0.05) is 13.3 Å². The third kappa shape index (κ3) is 6.05. The van der Waals surface area contributed by atoms with E-state index in [-0.39, 0.29) is 17.6 Å². The number of nitrogens with zero attached hydrogens (tertiary/aromatic N) is 2. The summed E-state index contributed by atoms with van der Waals surface area (Å²) in [6.45, 7) is 9.11. The first-order chi connectivity index (χ1) is 13.5. The molecule has 0 aliphatic heterocycles. The first kappa shape index (κ1) is 21.9. The van der Waals surface area contributed by atoms with Gasteiger partial charge in [-0.3, -0.25) is 4.79 Å². The fraction of sp³-hybridized carbons (Fsp3) is 0.476. The van der Waals surface area contributed by atoms with Crippen LogP contribution in [0, 0.1) is 0 Å². The molecule has 1 aromatic heterocycles. The van der Waals surface area contributed by atoms with Crippen LogP contribution in [0.4, 0.5) is 0 Å². The molecule has 1 amide bonds. The molecule has 0 N–H and O–H groups in total. The number of benzene rings is 1. The summed E-state index contributed by atoms with van der Waals surface area (Å²) < 4.78 is 10.6. The number of carbonyl (C=O) groups excluding carboxylic acids is 2. The molecule has 0 fully saturated rings. The van der Waals surface area contributed by atoms with Crippen molar-refractivity contribution in [3.63, 3.8) is 0 Å². The summed E-state index contributed by atoms with van der Waals surface area (Å²) >= 11 is 1.35. The Morgan fingerprint density at radius 1 is 1.18 bits per heavy atom. The molecule has 2 aromatic rings. The number of esters is 1. The van der Waals surface area contributed by atoms with Crippen molar-refractivity contribution < 1.29 is 19.1 Å². The van der Waals surface area contributed by atoms with Crippen LogP contribution >= 0.6 is 11.3 Å². The molecular weight excluding hydrogens is 376 g/mol.